The number of anilines is 1. The Bertz CT molecular complexity index is 610. The minimum atomic E-state index is 0.731. The molecule has 0 saturated heterocycles. The lowest BCUT2D eigenvalue weighted by atomic mass is 9.93. The molecule has 0 amide bonds. The number of carbonyl (C=O) groups is 1. The number of rotatable bonds is 3. The van der Waals surface area contributed by atoms with Crippen molar-refractivity contribution in [3.63, 3.8) is 0 Å². The van der Waals surface area contributed by atoms with Gasteiger partial charge in [0, 0.05) is 23.9 Å². The molecule has 2 aromatic rings. The van der Waals surface area contributed by atoms with Gasteiger partial charge < -0.3 is 5.32 Å². The van der Waals surface area contributed by atoms with Crippen LogP contribution in [0.4, 0.5) is 5.82 Å². The number of pyridine rings is 1. The molecular formula is C16H18N2O. The number of hydrogen-bond donors (Lipinski definition) is 1. The topological polar surface area (TPSA) is 42.0 Å². The summed E-state index contributed by atoms with van der Waals surface area (Å²) in [5.74, 6) is 0.864. The van der Waals surface area contributed by atoms with Gasteiger partial charge in [-0.1, -0.05) is 18.2 Å². The predicted molar refractivity (Wildman–Crippen MR) is 78.8 cm³/mol. The summed E-state index contributed by atoms with van der Waals surface area (Å²) in [6.07, 6.45) is 0.902. The molecule has 3 heteroatoms. The van der Waals surface area contributed by atoms with E-state index in [1.165, 1.54) is 0 Å². The molecule has 3 nitrogen and oxygen atoms in total. The molecule has 0 unspecified atom stereocenters. The van der Waals surface area contributed by atoms with Crippen LogP contribution >= 0.6 is 0 Å². The molecule has 1 N–H and O–H groups in total. The highest BCUT2D eigenvalue weighted by Crippen LogP contribution is 2.31. The van der Waals surface area contributed by atoms with E-state index in [0.717, 1.165) is 45.6 Å². The number of hydrogen-bond acceptors (Lipinski definition) is 3. The molecule has 0 bridgehead atoms. The lowest BCUT2D eigenvalue weighted by Crippen LogP contribution is -2.00. The summed E-state index contributed by atoms with van der Waals surface area (Å²) in [6, 6.07) is 7.82. The Hall–Kier alpha value is -2.16. The lowest BCUT2D eigenvalue weighted by molar-refractivity contribution is 0.112. The first-order chi connectivity index (χ1) is 9.08. The number of benzene rings is 1. The van der Waals surface area contributed by atoms with Gasteiger partial charge >= 0.3 is 0 Å². The van der Waals surface area contributed by atoms with Crippen LogP contribution in [0.15, 0.2) is 24.3 Å². The first-order valence-corrected chi connectivity index (χ1v) is 6.29. The van der Waals surface area contributed by atoms with E-state index >= 15 is 0 Å². The fraction of sp³-hybridized carbons (Fsp3) is 0.250. The highest BCUT2D eigenvalue weighted by Gasteiger charge is 2.12. The van der Waals surface area contributed by atoms with Gasteiger partial charge in [-0.05, 0) is 43.5 Å². The van der Waals surface area contributed by atoms with Gasteiger partial charge in [0.1, 0.15) is 12.1 Å². The zero-order valence-electron chi connectivity index (χ0n) is 11.7. The molecular weight excluding hydrogens is 236 g/mol. The average molecular weight is 254 g/mol. The average Bonchev–Trinajstić information content (AvgIpc) is 2.39. The number of nitrogens with zero attached hydrogens (tertiary/aromatic N) is 1. The molecule has 0 saturated carbocycles. The van der Waals surface area contributed by atoms with Gasteiger partial charge in [0.15, 0.2) is 0 Å². The third kappa shape index (κ3) is 2.36. The van der Waals surface area contributed by atoms with Crippen LogP contribution in [0.1, 0.15) is 27.2 Å². The SMILES string of the molecule is CNc1cc(C)c(-c2cccc(C=O)c2C)c(C)n1. The zero-order valence-corrected chi connectivity index (χ0v) is 11.7. The monoisotopic (exact) mass is 254 g/mol. The quantitative estimate of drug-likeness (QED) is 0.852. The molecule has 0 aliphatic heterocycles. The van der Waals surface area contributed by atoms with Crippen LogP contribution in [0.2, 0.25) is 0 Å². The number of aldehydes is 1. The van der Waals surface area contributed by atoms with Crippen molar-refractivity contribution in [2.45, 2.75) is 20.8 Å². The second-order valence-electron chi connectivity index (χ2n) is 4.67. The predicted octanol–water partition coefficient (Wildman–Crippen LogP) is 3.53. The third-order valence-electron chi connectivity index (χ3n) is 3.43. The van der Waals surface area contributed by atoms with Crippen molar-refractivity contribution in [1.82, 2.24) is 4.98 Å². The summed E-state index contributed by atoms with van der Waals surface area (Å²) < 4.78 is 0. The van der Waals surface area contributed by atoms with Gasteiger partial charge in [0.05, 0.1) is 0 Å². The molecule has 0 spiro atoms. The van der Waals surface area contributed by atoms with E-state index in [2.05, 4.69) is 17.2 Å². The normalized spacial score (nSPS) is 10.3. The van der Waals surface area contributed by atoms with Gasteiger partial charge in [-0.15, -0.1) is 0 Å². The van der Waals surface area contributed by atoms with Crippen LogP contribution < -0.4 is 5.32 Å². The van der Waals surface area contributed by atoms with Crippen LogP contribution in [0.3, 0.4) is 0 Å². The smallest absolute Gasteiger partial charge is 0.150 e. The molecule has 0 radical (unpaired) electrons. The molecule has 1 aromatic carbocycles. The summed E-state index contributed by atoms with van der Waals surface area (Å²) in [6.45, 7) is 6.04. The van der Waals surface area contributed by atoms with E-state index in [1.54, 1.807) is 0 Å². The Morgan fingerprint density at radius 1 is 1.21 bits per heavy atom. The zero-order chi connectivity index (χ0) is 14.0. The maximum absolute atomic E-state index is 11.1. The van der Waals surface area contributed by atoms with Crippen LogP contribution in [-0.4, -0.2) is 18.3 Å². The van der Waals surface area contributed by atoms with E-state index < -0.39 is 0 Å². The van der Waals surface area contributed by atoms with Crippen LogP contribution in [0.25, 0.3) is 11.1 Å². The summed E-state index contributed by atoms with van der Waals surface area (Å²) in [5, 5.41) is 3.06. The lowest BCUT2D eigenvalue weighted by Gasteiger charge is -2.14. The van der Waals surface area contributed by atoms with E-state index in [0.29, 0.717) is 0 Å². The number of aromatic nitrogens is 1. The Morgan fingerprint density at radius 2 is 1.95 bits per heavy atom. The fourth-order valence-electron chi connectivity index (χ4n) is 2.42. The molecule has 98 valence electrons. The number of nitrogens with one attached hydrogen (secondary N) is 1. The van der Waals surface area contributed by atoms with Crippen molar-refractivity contribution >= 4 is 12.1 Å². The van der Waals surface area contributed by atoms with Gasteiger partial charge in [-0.2, -0.15) is 0 Å². The van der Waals surface area contributed by atoms with E-state index in [4.69, 9.17) is 0 Å². The molecule has 1 aromatic heterocycles. The highest BCUT2D eigenvalue weighted by atomic mass is 16.1. The van der Waals surface area contributed by atoms with Crippen LogP contribution in [-0.2, 0) is 0 Å². The van der Waals surface area contributed by atoms with E-state index in [9.17, 15) is 4.79 Å². The van der Waals surface area contributed by atoms with E-state index in [-0.39, 0.29) is 0 Å². The Balaban J connectivity index is 2.69. The Kier molecular flexibility index (Phi) is 3.65. The number of carbonyl (C=O) groups excluding carboxylic acids is 1. The standard InChI is InChI=1S/C16H18N2O/c1-10-8-15(17-4)18-12(3)16(10)14-7-5-6-13(9-19)11(14)2/h5-9H,1-4H3,(H,17,18). The third-order valence-corrected chi connectivity index (χ3v) is 3.43. The van der Waals surface area contributed by atoms with Crippen molar-refractivity contribution in [3.8, 4) is 11.1 Å². The minimum absolute atomic E-state index is 0.731. The maximum atomic E-state index is 11.1. The first kappa shape index (κ1) is 13.3. The summed E-state index contributed by atoms with van der Waals surface area (Å²) in [5.41, 5.74) is 6.05. The van der Waals surface area contributed by atoms with Crippen molar-refractivity contribution in [3.05, 3.63) is 46.6 Å². The summed E-state index contributed by atoms with van der Waals surface area (Å²) in [4.78, 5) is 15.6. The summed E-state index contributed by atoms with van der Waals surface area (Å²) in [7, 11) is 1.86. The van der Waals surface area contributed by atoms with Crippen LogP contribution in [0, 0.1) is 20.8 Å². The van der Waals surface area contributed by atoms with Gasteiger partial charge in [0.25, 0.3) is 0 Å². The Labute approximate surface area is 113 Å². The first-order valence-electron chi connectivity index (χ1n) is 6.29. The molecule has 0 fully saturated rings. The van der Waals surface area contributed by atoms with Gasteiger partial charge in [-0.25, -0.2) is 4.98 Å². The highest BCUT2D eigenvalue weighted by molar-refractivity contribution is 5.84. The van der Waals surface area contributed by atoms with Crippen molar-refractivity contribution in [2.75, 3.05) is 12.4 Å². The molecule has 1 heterocycles. The van der Waals surface area contributed by atoms with Crippen molar-refractivity contribution in [1.29, 1.82) is 0 Å². The van der Waals surface area contributed by atoms with Gasteiger partial charge in [0.2, 0.25) is 0 Å². The Morgan fingerprint density at radius 3 is 2.53 bits per heavy atom. The fourth-order valence-corrected chi connectivity index (χ4v) is 2.42. The second-order valence-corrected chi connectivity index (χ2v) is 4.67. The minimum Gasteiger partial charge on any atom is -0.373 e. The maximum Gasteiger partial charge on any atom is 0.150 e. The van der Waals surface area contributed by atoms with Crippen molar-refractivity contribution < 1.29 is 4.79 Å². The van der Waals surface area contributed by atoms with Gasteiger partial charge in [-0.3, -0.25) is 4.79 Å². The molecule has 0 aliphatic rings. The van der Waals surface area contributed by atoms with Crippen LogP contribution in [0.5, 0.6) is 0 Å². The molecule has 0 aliphatic carbocycles. The largest absolute Gasteiger partial charge is 0.373 e. The van der Waals surface area contributed by atoms with Crippen molar-refractivity contribution in [2.24, 2.45) is 0 Å². The van der Waals surface area contributed by atoms with E-state index in [1.807, 2.05) is 45.2 Å². The number of aryl methyl sites for hydroxylation is 2. The second kappa shape index (κ2) is 5.22. The molecule has 2 rings (SSSR count). The molecule has 0 atom stereocenters. The summed E-state index contributed by atoms with van der Waals surface area (Å²) >= 11 is 0. The molecule has 19 heavy (non-hydrogen) atoms.